The van der Waals surface area contributed by atoms with E-state index in [9.17, 15) is 9.90 Å². The number of rotatable bonds is 0. The highest BCUT2D eigenvalue weighted by atomic mass is 16.6. The molecule has 2 aliphatic rings. The highest BCUT2D eigenvalue weighted by molar-refractivity contribution is 5.86. The quantitative estimate of drug-likeness (QED) is 0.560. The Kier molecular flexibility index (Phi) is 1.60. The minimum absolute atomic E-state index is 0.132. The van der Waals surface area contributed by atoms with Gasteiger partial charge in [0.2, 0.25) is 0 Å². The van der Waals surface area contributed by atoms with Gasteiger partial charge in [-0.15, -0.1) is 0 Å². The molecule has 12 heavy (non-hydrogen) atoms. The number of aliphatic hydroxyl groups is 1. The summed E-state index contributed by atoms with van der Waals surface area (Å²) in [5.41, 5.74) is -0.630. The molecule has 1 N–H and O–H groups in total. The van der Waals surface area contributed by atoms with Gasteiger partial charge in [-0.1, -0.05) is 6.42 Å². The second-order valence-electron chi connectivity index (χ2n) is 3.51. The van der Waals surface area contributed by atoms with Crippen molar-refractivity contribution < 1.29 is 14.6 Å². The molecular formula is C9H12O3. The maximum Gasteiger partial charge on any atom is 0.335 e. The van der Waals surface area contributed by atoms with E-state index in [-0.39, 0.29) is 5.76 Å². The van der Waals surface area contributed by atoms with Crippen molar-refractivity contribution in [2.45, 2.75) is 37.7 Å². The first kappa shape index (κ1) is 7.65. The van der Waals surface area contributed by atoms with Gasteiger partial charge < -0.3 is 9.84 Å². The van der Waals surface area contributed by atoms with Gasteiger partial charge in [0, 0.05) is 0 Å². The summed E-state index contributed by atoms with van der Waals surface area (Å²) in [6, 6.07) is 0. The van der Waals surface area contributed by atoms with Crippen LogP contribution in [0.15, 0.2) is 11.8 Å². The van der Waals surface area contributed by atoms with Gasteiger partial charge in [0.1, 0.15) is 5.76 Å². The average molecular weight is 168 g/mol. The molecule has 1 aliphatic heterocycles. The zero-order chi connectivity index (χ0) is 8.60. The molecule has 0 atom stereocenters. The first-order chi connectivity index (χ1) is 5.73. The minimum Gasteiger partial charge on any atom is -0.508 e. The van der Waals surface area contributed by atoms with Gasteiger partial charge in [-0.2, -0.15) is 0 Å². The molecule has 1 aliphatic carbocycles. The van der Waals surface area contributed by atoms with Gasteiger partial charge in [-0.3, -0.25) is 0 Å². The minimum atomic E-state index is -0.630. The average Bonchev–Trinajstić information content (AvgIpc) is 2.29. The number of carbonyl (C=O) groups is 1. The molecule has 3 heteroatoms. The molecule has 1 saturated carbocycles. The monoisotopic (exact) mass is 168 g/mol. The van der Waals surface area contributed by atoms with Crippen LogP contribution in [0.1, 0.15) is 32.1 Å². The lowest BCUT2D eigenvalue weighted by atomic mass is 9.84. The maximum absolute atomic E-state index is 10.9. The number of hydrogen-bond acceptors (Lipinski definition) is 3. The van der Waals surface area contributed by atoms with Crippen LogP contribution in [0.25, 0.3) is 0 Å². The molecular weight excluding hydrogens is 156 g/mol. The van der Waals surface area contributed by atoms with E-state index in [2.05, 4.69) is 0 Å². The lowest BCUT2D eigenvalue weighted by Gasteiger charge is -2.31. The lowest BCUT2D eigenvalue weighted by molar-refractivity contribution is -0.150. The third kappa shape index (κ3) is 1.00. The third-order valence-corrected chi connectivity index (χ3v) is 2.68. The number of aliphatic hydroxyl groups excluding tert-OH is 1. The van der Waals surface area contributed by atoms with E-state index in [0.29, 0.717) is 0 Å². The summed E-state index contributed by atoms with van der Waals surface area (Å²) in [5, 5.41) is 9.49. The molecule has 0 unspecified atom stereocenters. The van der Waals surface area contributed by atoms with Crippen molar-refractivity contribution in [2.75, 3.05) is 0 Å². The first-order valence-corrected chi connectivity index (χ1v) is 4.37. The Balaban J connectivity index is 2.21. The van der Waals surface area contributed by atoms with Crippen molar-refractivity contribution in [3.8, 4) is 0 Å². The largest absolute Gasteiger partial charge is 0.508 e. The maximum atomic E-state index is 10.9. The highest BCUT2D eigenvalue weighted by Gasteiger charge is 2.44. The van der Waals surface area contributed by atoms with Crippen LogP contribution in [-0.2, 0) is 9.53 Å². The van der Waals surface area contributed by atoms with E-state index >= 15 is 0 Å². The Morgan fingerprint density at radius 2 is 2.00 bits per heavy atom. The zero-order valence-electron chi connectivity index (χ0n) is 6.88. The van der Waals surface area contributed by atoms with Crippen molar-refractivity contribution in [3.63, 3.8) is 0 Å². The Morgan fingerprint density at radius 3 is 2.50 bits per heavy atom. The normalized spacial score (nSPS) is 27.0. The van der Waals surface area contributed by atoms with E-state index in [1.807, 2.05) is 0 Å². The molecule has 1 spiro atoms. The molecule has 3 nitrogen and oxygen atoms in total. The molecule has 0 saturated heterocycles. The number of esters is 1. The predicted molar refractivity (Wildman–Crippen MR) is 42.6 cm³/mol. The van der Waals surface area contributed by atoms with Crippen LogP contribution >= 0.6 is 0 Å². The topological polar surface area (TPSA) is 46.5 Å². The fraction of sp³-hybridized carbons (Fsp3) is 0.667. The molecule has 1 heterocycles. The summed E-state index contributed by atoms with van der Waals surface area (Å²) in [6.07, 6.45) is 6.00. The van der Waals surface area contributed by atoms with Crippen LogP contribution in [0.5, 0.6) is 0 Å². The van der Waals surface area contributed by atoms with Crippen LogP contribution < -0.4 is 0 Å². The van der Waals surface area contributed by atoms with Crippen molar-refractivity contribution in [3.05, 3.63) is 11.8 Å². The van der Waals surface area contributed by atoms with E-state index in [1.54, 1.807) is 0 Å². The Labute approximate surface area is 71.0 Å². The lowest BCUT2D eigenvalue weighted by Crippen LogP contribution is -2.34. The van der Waals surface area contributed by atoms with Gasteiger partial charge in [0.05, 0.1) is 6.08 Å². The van der Waals surface area contributed by atoms with Crippen LogP contribution in [0.4, 0.5) is 0 Å². The van der Waals surface area contributed by atoms with Crippen molar-refractivity contribution in [1.29, 1.82) is 0 Å². The Morgan fingerprint density at radius 1 is 1.33 bits per heavy atom. The van der Waals surface area contributed by atoms with Gasteiger partial charge in [-0.05, 0) is 25.7 Å². The number of hydrogen-bond donors (Lipinski definition) is 1. The van der Waals surface area contributed by atoms with Crippen LogP contribution in [0.2, 0.25) is 0 Å². The molecule has 0 amide bonds. The van der Waals surface area contributed by atoms with Gasteiger partial charge in [0.25, 0.3) is 0 Å². The number of carbonyl (C=O) groups excluding carboxylic acids is 1. The van der Waals surface area contributed by atoms with E-state index < -0.39 is 11.6 Å². The van der Waals surface area contributed by atoms with E-state index in [0.717, 1.165) is 25.7 Å². The molecule has 2 rings (SSSR count). The first-order valence-electron chi connectivity index (χ1n) is 4.37. The Hall–Kier alpha value is -0.990. The molecule has 1 fully saturated rings. The van der Waals surface area contributed by atoms with E-state index in [4.69, 9.17) is 4.74 Å². The van der Waals surface area contributed by atoms with Gasteiger partial charge >= 0.3 is 5.97 Å². The molecule has 0 aromatic carbocycles. The standard InChI is InChI=1S/C9H12O3/c10-7-6-8(11)12-9(7)4-2-1-3-5-9/h6,10H,1-5H2. The SMILES string of the molecule is O=C1C=C(O)C2(CCCCC2)O1. The van der Waals surface area contributed by atoms with Gasteiger partial charge in [-0.25, -0.2) is 4.79 Å². The van der Waals surface area contributed by atoms with E-state index in [1.165, 1.54) is 12.5 Å². The van der Waals surface area contributed by atoms with Crippen molar-refractivity contribution in [1.82, 2.24) is 0 Å². The zero-order valence-corrected chi connectivity index (χ0v) is 6.88. The Bertz CT molecular complexity index is 236. The van der Waals surface area contributed by atoms with Crippen LogP contribution in [-0.4, -0.2) is 16.7 Å². The predicted octanol–water partition coefficient (Wildman–Crippen LogP) is 1.69. The molecule has 66 valence electrons. The summed E-state index contributed by atoms with van der Waals surface area (Å²) in [7, 11) is 0. The molecule has 0 bridgehead atoms. The second kappa shape index (κ2) is 2.51. The van der Waals surface area contributed by atoms with Crippen molar-refractivity contribution >= 4 is 5.97 Å². The van der Waals surface area contributed by atoms with Crippen molar-refractivity contribution in [2.24, 2.45) is 0 Å². The number of ether oxygens (including phenoxy) is 1. The smallest absolute Gasteiger partial charge is 0.335 e. The highest BCUT2D eigenvalue weighted by Crippen LogP contribution is 2.39. The molecule has 0 aromatic rings. The summed E-state index contributed by atoms with van der Waals surface area (Å²) < 4.78 is 5.12. The second-order valence-corrected chi connectivity index (χ2v) is 3.51. The van der Waals surface area contributed by atoms with Crippen LogP contribution in [0.3, 0.4) is 0 Å². The summed E-state index contributed by atoms with van der Waals surface area (Å²) >= 11 is 0. The molecule has 0 radical (unpaired) electrons. The van der Waals surface area contributed by atoms with Crippen LogP contribution in [0, 0.1) is 0 Å². The fourth-order valence-corrected chi connectivity index (χ4v) is 2.00. The fourth-order valence-electron chi connectivity index (χ4n) is 2.00. The summed E-state index contributed by atoms with van der Waals surface area (Å²) in [6.45, 7) is 0. The summed E-state index contributed by atoms with van der Waals surface area (Å²) in [4.78, 5) is 10.9. The molecule has 0 aromatic heterocycles. The van der Waals surface area contributed by atoms with Gasteiger partial charge in [0.15, 0.2) is 5.60 Å². The summed E-state index contributed by atoms with van der Waals surface area (Å²) in [5.74, 6) is -0.262. The third-order valence-electron chi connectivity index (χ3n) is 2.68.